The van der Waals surface area contributed by atoms with E-state index in [0.717, 1.165) is 38.3 Å². The van der Waals surface area contributed by atoms with E-state index in [1.54, 1.807) is 42.6 Å². The molecule has 1 aliphatic heterocycles. The lowest BCUT2D eigenvalue weighted by atomic mass is 10.1. The molecule has 3 aromatic rings. The monoisotopic (exact) mass is 484 g/mol. The Morgan fingerprint density at radius 1 is 1.14 bits per heavy atom. The van der Waals surface area contributed by atoms with Crippen LogP contribution in [0.4, 0.5) is 5.82 Å². The topological polar surface area (TPSA) is 78.7 Å². The van der Waals surface area contributed by atoms with Gasteiger partial charge in [0.15, 0.2) is 0 Å². The minimum atomic E-state index is -0.327. The molecule has 0 N–H and O–H groups in total. The molecule has 0 saturated carbocycles. The number of ether oxygens (including phenoxy) is 2. The molecule has 0 radical (unpaired) electrons. The van der Waals surface area contributed by atoms with E-state index in [1.807, 2.05) is 26.0 Å². The van der Waals surface area contributed by atoms with Gasteiger partial charge in [0.2, 0.25) is 0 Å². The number of esters is 1. The molecule has 0 spiro atoms. The minimum absolute atomic E-state index is 0.173. The third-order valence-corrected chi connectivity index (χ3v) is 6.26. The highest BCUT2D eigenvalue weighted by atomic mass is 16.5. The summed E-state index contributed by atoms with van der Waals surface area (Å²) in [4.78, 5) is 21.8. The third-order valence-electron chi connectivity index (χ3n) is 6.26. The Balaban J connectivity index is 1.38. The van der Waals surface area contributed by atoms with Gasteiger partial charge in [0.05, 0.1) is 17.7 Å². The molecule has 1 unspecified atom stereocenters. The van der Waals surface area contributed by atoms with Gasteiger partial charge < -0.3 is 14.4 Å². The summed E-state index contributed by atoms with van der Waals surface area (Å²) in [5, 5.41) is 8.94. The largest absolute Gasteiger partial charge is 0.459 e. The maximum atomic E-state index is 12.6. The van der Waals surface area contributed by atoms with Crippen molar-refractivity contribution in [2.45, 2.75) is 45.9 Å². The fourth-order valence-corrected chi connectivity index (χ4v) is 4.45. The Hall–Kier alpha value is -3.89. The molecule has 1 aromatic heterocycles. The van der Waals surface area contributed by atoms with Crippen molar-refractivity contribution >= 4 is 11.8 Å². The second-order valence-corrected chi connectivity index (χ2v) is 9.16. The molecule has 1 fully saturated rings. The van der Waals surface area contributed by atoms with Gasteiger partial charge in [-0.1, -0.05) is 19.1 Å². The Morgan fingerprint density at radius 3 is 2.47 bits per heavy atom. The van der Waals surface area contributed by atoms with Crippen LogP contribution in [0.2, 0.25) is 0 Å². The number of hydrogen-bond acceptors (Lipinski definition) is 7. The van der Waals surface area contributed by atoms with Crippen LogP contribution in [0.25, 0.3) is 0 Å². The number of nitrogens with zero attached hydrogens (tertiary/aromatic N) is 4. The third kappa shape index (κ3) is 6.21. The first-order valence-electron chi connectivity index (χ1n) is 12.4. The number of carbonyl (C=O) groups is 1. The van der Waals surface area contributed by atoms with Crippen molar-refractivity contribution in [3.63, 3.8) is 0 Å². The van der Waals surface area contributed by atoms with Crippen LogP contribution in [0.15, 0.2) is 66.9 Å². The fraction of sp³-hybridized carbons (Fsp3) is 0.345. The summed E-state index contributed by atoms with van der Waals surface area (Å²) in [5.74, 6) is 1.84. The number of anilines is 1. The van der Waals surface area contributed by atoms with Crippen molar-refractivity contribution in [3.8, 4) is 17.6 Å². The molecule has 2 aromatic carbocycles. The van der Waals surface area contributed by atoms with E-state index < -0.39 is 0 Å². The number of carbonyl (C=O) groups excluding carboxylic acids is 1. The Labute approximate surface area is 212 Å². The predicted molar refractivity (Wildman–Crippen MR) is 139 cm³/mol. The summed E-state index contributed by atoms with van der Waals surface area (Å²) in [6, 6.07) is 21.3. The predicted octanol–water partition coefficient (Wildman–Crippen LogP) is 5.41. The molecule has 4 rings (SSSR count). The number of likely N-dealkylation sites (N-methyl/N-ethyl adjacent to an activating group) is 1. The van der Waals surface area contributed by atoms with Crippen LogP contribution in [0, 0.1) is 11.3 Å². The lowest BCUT2D eigenvalue weighted by Crippen LogP contribution is -2.37. The van der Waals surface area contributed by atoms with Crippen molar-refractivity contribution in [2.24, 2.45) is 0 Å². The van der Waals surface area contributed by atoms with E-state index in [4.69, 9.17) is 14.7 Å². The van der Waals surface area contributed by atoms with Gasteiger partial charge in [0.1, 0.15) is 22.9 Å². The van der Waals surface area contributed by atoms with Crippen LogP contribution in [0.5, 0.6) is 11.5 Å². The standard InChI is InChI=1S/C29H32N4O3/c1-4-32(19-23-9-13-26(14-10-23)36-25-11-7-22(18-30)8-12-25)24-15-17-33(20-24)28-27(6-5-16-31-28)29(34)35-21(2)3/h5-14,16,21,24H,4,15,17,19-20H2,1-3H3. The van der Waals surface area contributed by atoms with Gasteiger partial charge in [-0.25, -0.2) is 9.78 Å². The Morgan fingerprint density at radius 2 is 1.83 bits per heavy atom. The maximum absolute atomic E-state index is 12.6. The number of pyridine rings is 1. The first-order chi connectivity index (χ1) is 17.5. The van der Waals surface area contributed by atoms with Gasteiger partial charge in [0, 0.05) is 31.9 Å². The summed E-state index contributed by atoms with van der Waals surface area (Å²) in [5.41, 5.74) is 2.34. The van der Waals surface area contributed by atoms with Crippen molar-refractivity contribution in [2.75, 3.05) is 24.5 Å². The summed E-state index contributed by atoms with van der Waals surface area (Å²) < 4.78 is 11.3. The molecule has 0 amide bonds. The normalized spacial score (nSPS) is 15.2. The average molecular weight is 485 g/mol. The van der Waals surface area contributed by atoms with Crippen LogP contribution in [0.1, 0.15) is 48.7 Å². The zero-order valence-electron chi connectivity index (χ0n) is 21.1. The number of aromatic nitrogens is 1. The molecule has 1 atom stereocenters. The first-order valence-corrected chi connectivity index (χ1v) is 12.4. The van der Waals surface area contributed by atoms with E-state index in [-0.39, 0.29) is 12.1 Å². The SMILES string of the molecule is CCN(Cc1ccc(Oc2ccc(C#N)cc2)cc1)C1CCN(c2ncccc2C(=O)OC(C)C)C1. The second-order valence-electron chi connectivity index (χ2n) is 9.16. The number of nitriles is 1. The minimum Gasteiger partial charge on any atom is -0.459 e. The number of hydrogen-bond donors (Lipinski definition) is 0. The number of benzene rings is 2. The van der Waals surface area contributed by atoms with Crippen LogP contribution in [-0.2, 0) is 11.3 Å². The average Bonchev–Trinajstić information content (AvgIpc) is 3.38. The summed E-state index contributed by atoms with van der Waals surface area (Å²) in [6.07, 6.45) is 2.56. The Kier molecular flexibility index (Phi) is 8.19. The lowest BCUT2D eigenvalue weighted by Gasteiger charge is -2.28. The van der Waals surface area contributed by atoms with E-state index in [9.17, 15) is 4.79 Å². The molecular formula is C29H32N4O3. The summed E-state index contributed by atoms with van der Waals surface area (Å²) >= 11 is 0. The fourth-order valence-electron chi connectivity index (χ4n) is 4.45. The van der Waals surface area contributed by atoms with Crippen molar-refractivity contribution < 1.29 is 14.3 Å². The molecule has 2 heterocycles. The highest BCUT2D eigenvalue weighted by Gasteiger charge is 2.30. The van der Waals surface area contributed by atoms with E-state index in [1.165, 1.54) is 5.56 Å². The van der Waals surface area contributed by atoms with Crippen molar-refractivity contribution in [1.82, 2.24) is 9.88 Å². The van der Waals surface area contributed by atoms with E-state index >= 15 is 0 Å². The quantitative estimate of drug-likeness (QED) is 0.376. The van der Waals surface area contributed by atoms with Crippen LogP contribution >= 0.6 is 0 Å². The van der Waals surface area contributed by atoms with Gasteiger partial charge in [-0.15, -0.1) is 0 Å². The molecule has 0 bridgehead atoms. The van der Waals surface area contributed by atoms with Gasteiger partial charge in [-0.05, 0) is 80.9 Å². The van der Waals surface area contributed by atoms with Gasteiger partial charge in [-0.3, -0.25) is 4.90 Å². The van der Waals surface area contributed by atoms with Crippen LogP contribution < -0.4 is 9.64 Å². The summed E-state index contributed by atoms with van der Waals surface area (Å²) in [6.45, 7) is 9.29. The molecule has 1 saturated heterocycles. The van der Waals surface area contributed by atoms with Crippen LogP contribution in [0.3, 0.4) is 0 Å². The lowest BCUT2D eigenvalue weighted by molar-refractivity contribution is 0.0378. The molecule has 7 nitrogen and oxygen atoms in total. The maximum Gasteiger partial charge on any atom is 0.342 e. The number of rotatable bonds is 9. The zero-order valence-corrected chi connectivity index (χ0v) is 21.1. The van der Waals surface area contributed by atoms with Gasteiger partial charge in [-0.2, -0.15) is 5.26 Å². The molecule has 186 valence electrons. The van der Waals surface area contributed by atoms with Crippen LogP contribution in [-0.4, -0.2) is 47.6 Å². The highest BCUT2D eigenvalue weighted by molar-refractivity contribution is 5.95. The molecule has 1 aliphatic rings. The highest BCUT2D eigenvalue weighted by Crippen LogP contribution is 2.27. The summed E-state index contributed by atoms with van der Waals surface area (Å²) in [7, 11) is 0. The molecule has 0 aliphatic carbocycles. The van der Waals surface area contributed by atoms with Crippen molar-refractivity contribution in [3.05, 3.63) is 83.6 Å². The van der Waals surface area contributed by atoms with E-state index in [0.29, 0.717) is 28.7 Å². The second kappa shape index (κ2) is 11.7. The molecular weight excluding hydrogens is 452 g/mol. The zero-order chi connectivity index (χ0) is 25.5. The smallest absolute Gasteiger partial charge is 0.342 e. The molecule has 7 heteroatoms. The van der Waals surface area contributed by atoms with E-state index in [2.05, 4.69) is 39.9 Å². The van der Waals surface area contributed by atoms with Gasteiger partial charge in [0.25, 0.3) is 0 Å². The first kappa shape index (κ1) is 25.2. The van der Waals surface area contributed by atoms with Crippen molar-refractivity contribution in [1.29, 1.82) is 5.26 Å². The van der Waals surface area contributed by atoms with Gasteiger partial charge >= 0.3 is 5.97 Å². The molecule has 36 heavy (non-hydrogen) atoms. The Bertz CT molecular complexity index is 1200.